The summed E-state index contributed by atoms with van der Waals surface area (Å²) in [6.07, 6.45) is 3.20. The molecule has 2 rings (SSSR count). The number of nitrogens with one attached hydrogen (secondary N) is 1. The first-order valence-corrected chi connectivity index (χ1v) is 7.52. The van der Waals surface area contributed by atoms with E-state index in [9.17, 15) is 9.59 Å². The molecule has 5 nitrogen and oxygen atoms in total. The van der Waals surface area contributed by atoms with E-state index in [4.69, 9.17) is 17.3 Å². The molecule has 0 radical (unpaired) electrons. The van der Waals surface area contributed by atoms with Crippen molar-refractivity contribution in [2.24, 2.45) is 5.73 Å². The minimum Gasteiger partial charge on any atom is -0.329 e. The van der Waals surface area contributed by atoms with Gasteiger partial charge in [-0.25, -0.2) is 0 Å². The van der Waals surface area contributed by atoms with Gasteiger partial charge in [0.2, 0.25) is 5.91 Å². The molecule has 0 aliphatic carbocycles. The Bertz CT molecular complexity index is 521. The zero-order valence-electron chi connectivity index (χ0n) is 11.8. The minimum atomic E-state index is -0.466. The van der Waals surface area contributed by atoms with Crippen LogP contribution in [0.3, 0.4) is 0 Å². The maximum Gasteiger partial charge on any atom is 0.259 e. The summed E-state index contributed by atoms with van der Waals surface area (Å²) in [5.41, 5.74) is 6.03. The molecule has 1 atom stereocenters. The Hall–Kier alpha value is -1.43. The van der Waals surface area contributed by atoms with Crippen LogP contribution in [0.5, 0.6) is 0 Å². The van der Waals surface area contributed by atoms with Gasteiger partial charge < -0.3 is 5.73 Å². The summed E-state index contributed by atoms with van der Waals surface area (Å²) < 4.78 is 0. The summed E-state index contributed by atoms with van der Waals surface area (Å²) in [5, 5.41) is 2.72. The number of hydrogen-bond acceptors (Lipinski definition) is 4. The number of carbonyl (C=O) groups excluding carboxylic acids is 2. The van der Waals surface area contributed by atoms with Crippen molar-refractivity contribution in [2.45, 2.75) is 25.3 Å². The van der Waals surface area contributed by atoms with Crippen LogP contribution in [0.1, 0.15) is 29.6 Å². The van der Waals surface area contributed by atoms with E-state index in [1.807, 2.05) is 4.90 Å². The lowest BCUT2D eigenvalue weighted by Gasteiger charge is -2.34. The third-order valence-electron chi connectivity index (χ3n) is 3.74. The topological polar surface area (TPSA) is 75.4 Å². The van der Waals surface area contributed by atoms with E-state index in [0.717, 1.165) is 25.8 Å². The number of imide groups is 1. The van der Waals surface area contributed by atoms with Crippen LogP contribution >= 0.6 is 11.6 Å². The van der Waals surface area contributed by atoms with Crippen molar-refractivity contribution in [3.63, 3.8) is 0 Å². The molecule has 114 valence electrons. The van der Waals surface area contributed by atoms with Crippen molar-refractivity contribution in [1.29, 1.82) is 0 Å². The summed E-state index contributed by atoms with van der Waals surface area (Å²) in [4.78, 5) is 26.1. The van der Waals surface area contributed by atoms with E-state index in [1.165, 1.54) is 0 Å². The average molecular weight is 310 g/mol. The minimum absolute atomic E-state index is 0.193. The molecule has 1 aromatic rings. The van der Waals surface area contributed by atoms with Crippen LogP contribution in [-0.4, -0.2) is 42.4 Å². The van der Waals surface area contributed by atoms with Gasteiger partial charge in [-0.15, -0.1) is 0 Å². The molecule has 0 aromatic heterocycles. The maximum absolute atomic E-state index is 12.0. The molecule has 21 heavy (non-hydrogen) atoms. The van der Waals surface area contributed by atoms with E-state index < -0.39 is 5.91 Å². The van der Waals surface area contributed by atoms with Crippen LogP contribution in [0.4, 0.5) is 0 Å². The molecule has 1 aliphatic rings. The van der Waals surface area contributed by atoms with E-state index >= 15 is 0 Å². The normalized spacial score (nSPS) is 19.2. The number of benzene rings is 1. The third-order valence-corrected chi connectivity index (χ3v) is 4.07. The number of halogens is 1. The fourth-order valence-corrected chi connectivity index (χ4v) is 2.82. The van der Waals surface area contributed by atoms with Crippen molar-refractivity contribution in [2.75, 3.05) is 19.6 Å². The van der Waals surface area contributed by atoms with Crippen LogP contribution in [0.2, 0.25) is 5.02 Å². The molecule has 2 amide bonds. The highest BCUT2D eigenvalue weighted by atomic mass is 35.5. The van der Waals surface area contributed by atoms with E-state index in [0.29, 0.717) is 17.1 Å². The van der Waals surface area contributed by atoms with Gasteiger partial charge in [0.05, 0.1) is 17.1 Å². The van der Waals surface area contributed by atoms with Gasteiger partial charge in [-0.1, -0.05) is 30.2 Å². The summed E-state index contributed by atoms with van der Waals surface area (Å²) in [5.74, 6) is -0.785. The van der Waals surface area contributed by atoms with Gasteiger partial charge in [0.1, 0.15) is 0 Å². The highest BCUT2D eigenvalue weighted by Gasteiger charge is 2.24. The van der Waals surface area contributed by atoms with Crippen LogP contribution in [0.15, 0.2) is 24.3 Å². The number of hydrogen-bond donors (Lipinski definition) is 2. The van der Waals surface area contributed by atoms with Gasteiger partial charge in [0, 0.05) is 12.6 Å². The van der Waals surface area contributed by atoms with Gasteiger partial charge in [0.15, 0.2) is 0 Å². The Kier molecular flexibility index (Phi) is 5.73. The van der Waals surface area contributed by atoms with E-state index in [-0.39, 0.29) is 18.5 Å². The highest BCUT2D eigenvalue weighted by molar-refractivity contribution is 6.34. The second kappa shape index (κ2) is 7.54. The van der Waals surface area contributed by atoms with Gasteiger partial charge in [-0.05, 0) is 31.5 Å². The van der Waals surface area contributed by atoms with Crippen molar-refractivity contribution in [3.05, 3.63) is 34.9 Å². The fourth-order valence-electron chi connectivity index (χ4n) is 2.60. The lowest BCUT2D eigenvalue weighted by molar-refractivity contribution is -0.122. The van der Waals surface area contributed by atoms with Crippen molar-refractivity contribution in [1.82, 2.24) is 10.2 Å². The monoisotopic (exact) mass is 309 g/mol. The first-order valence-electron chi connectivity index (χ1n) is 7.14. The smallest absolute Gasteiger partial charge is 0.259 e. The Morgan fingerprint density at radius 2 is 2.10 bits per heavy atom. The van der Waals surface area contributed by atoms with E-state index in [2.05, 4.69) is 5.32 Å². The second-order valence-electron chi connectivity index (χ2n) is 5.21. The van der Waals surface area contributed by atoms with Gasteiger partial charge in [-0.2, -0.15) is 0 Å². The third kappa shape index (κ3) is 4.27. The molecule has 1 unspecified atom stereocenters. The first kappa shape index (κ1) is 15.9. The molecule has 1 aromatic carbocycles. The number of carbonyl (C=O) groups is 2. The van der Waals surface area contributed by atoms with Gasteiger partial charge in [0.25, 0.3) is 5.91 Å². The Morgan fingerprint density at radius 3 is 2.81 bits per heavy atom. The molecule has 6 heteroatoms. The molecule has 0 bridgehead atoms. The molecular formula is C15H20ClN3O2. The lowest BCUT2D eigenvalue weighted by Crippen LogP contribution is -2.49. The number of nitrogens with two attached hydrogens (primary N) is 1. The van der Waals surface area contributed by atoms with Crippen LogP contribution in [0, 0.1) is 0 Å². The molecule has 1 fully saturated rings. The Morgan fingerprint density at radius 1 is 1.33 bits per heavy atom. The Balaban J connectivity index is 1.92. The Labute approximate surface area is 129 Å². The summed E-state index contributed by atoms with van der Waals surface area (Å²) in [6.45, 7) is 1.57. The van der Waals surface area contributed by atoms with Crippen molar-refractivity contribution < 1.29 is 9.59 Å². The van der Waals surface area contributed by atoms with Gasteiger partial charge >= 0.3 is 0 Å². The number of nitrogens with zero attached hydrogens (tertiary/aromatic N) is 1. The number of likely N-dealkylation sites (tertiary alicyclic amines) is 1. The van der Waals surface area contributed by atoms with Crippen LogP contribution < -0.4 is 11.1 Å². The first-order chi connectivity index (χ1) is 10.1. The molecule has 0 saturated carbocycles. The summed E-state index contributed by atoms with van der Waals surface area (Å²) in [6, 6.07) is 6.88. The number of amides is 2. The van der Waals surface area contributed by atoms with E-state index in [1.54, 1.807) is 24.3 Å². The summed E-state index contributed by atoms with van der Waals surface area (Å²) in [7, 11) is 0. The molecule has 1 heterocycles. The second-order valence-corrected chi connectivity index (χ2v) is 5.62. The molecule has 1 saturated heterocycles. The van der Waals surface area contributed by atoms with Gasteiger partial charge in [-0.3, -0.25) is 19.8 Å². The zero-order chi connectivity index (χ0) is 15.2. The molecule has 3 N–H and O–H groups in total. The number of piperidine rings is 1. The molecular weight excluding hydrogens is 290 g/mol. The number of rotatable bonds is 4. The highest BCUT2D eigenvalue weighted by Crippen LogP contribution is 2.16. The van der Waals surface area contributed by atoms with Crippen molar-refractivity contribution in [3.8, 4) is 0 Å². The fraction of sp³-hybridized carbons (Fsp3) is 0.467. The zero-order valence-corrected chi connectivity index (χ0v) is 12.6. The predicted molar refractivity (Wildman–Crippen MR) is 82.2 cm³/mol. The lowest BCUT2D eigenvalue weighted by atomic mass is 10.0. The summed E-state index contributed by atoms with van der Waals surface area (Å²) >= 11 is 5.94. The van der Waals surface area contributed by atoms with Crippen molar-refractivity contribution >= 4 is 23.4 Å². The largest absolute Gasteiger partial charge is 0.329 e. The average Bonchev–Trinajstić information content (AvgIpc) is 2.48. The van der Waals surface area contributed by atoms with Crippen LogP contribution in [0.25, 0.3) is 0 Å². The SMILES string of the molecule is NCC1CCCCN1CC(=O)NC(=O)c1ccccc1Cl. The quantitative estimate of drug-likeness (QED) is 0.882. The maximum atomic E-state index is 12.0. The predicted octanol–water partition coefficient (Wildman–Crippen LogP) is 1.41. The molecule has 1 aliphatic heterocycles. The standard InChI is InChI=1S/C15H20ClN3O2/c16-13-7-2-1-6-12(13)15(21)18-14(20)10-19-8-4-3-5-11(19)9-17/h1-2,6-7,11H,3-5,8-10,17H2,(H,18,20,21). The van der Waals surface area contributed by atoms with Crippen LogP contribution in [-0.2, 0) is 4.79 Å². The molecule has 0 spiro atoms.